The highest BCUT2D eigenvalue weighted by Gasteiger charge is 2.18. The summed E-state index contributed by atoms with van der Waals surface area (Å²) in [6.07, 6.45) is 1.38. The highest BCUT2D eigenvalue weighted by molar-refractivity contribution is 5.80. The Hall–Kier alpha value is -1.26. The highest BCUT2D eigenvalue weighted by Crippen LogP contribution is 2.20. The molecule has 0 saturated carbocycles. The van der Waals surface area contributed by atoms with E-state index < -0.39 is 0 Å². The van der Waals surface area contributed by atoms with Gasteiger partial charge in [-0.1, -0.05) is 26.0 Å². The summed E-state index contributed by atoms with van der Waals surface area (Å²) in [5.41, 5.74) is 0. The van der Waals surface area contributed by atoms with Crippen LogP contribution in [0.2, 0.25) is 0 Å². The molecule has 0 aliphatic heterocycles. The number of carbonyl (C=O) groups excluding carboxylic acids is 1. The van der Waals surface area contributed by atoms with E-state index in [1.807, 2.05) is 20.8 Å². The van der Waals surface area contributed by atoms with Gasteiger partial charge in [-0.15, -0.1) is 10.2 Å². The summed E-state index contributed by atoms with van der Waals surface area (Å²) < 4.78 is 0. The van der Waals surface area contributed by atoms with Crippen molar-refractivity contribution >= 4 is 5.78 Å². The molecule has 1 aromatic heterocycles. The second-order valence-corrected chi connectivity index (χ2v) is 3.63. The number of aromatic amines is 1. The van der Waals surface area contributed by atoms with Crippen molar-refractivity contribution in [2.45, 2.75) is 39.5 Å². The molecule has 1 rings (SSSR count). The van der Waals surface area contributed by atoms with Crippen molar-refractivity contribution in [3.8, 4) is 0 Å². The molecule has 5 heteroatoms. The lowest BCUT2D eigenvalue weighted by atomic mass is 9.92. The Morgan fingerprint density at radius 3 is 2.71 bits per heavy atom. The van der Waals surface area contributed by atoms with E-state index in [0.29, 0.717) is 18.0 Å². The molecule has 5 nitrogen and oxygen atoms in total. The Morgan fingerprint density at radius 2 is 2.21 bits per heavy atom. The first-order chi connectivity index (χ1) is 6.65. The zero-order chi connectivity index (χ0) is 10.6. The maximum atomic E-state index is 11.4. The van der Waals surface area contributed by atoms with Crippen molar-refractivity contribution in [1.29, 1.82) is 0 Å². The van der Waals surface area contributed by atoms with Gasteiger partial charge in [0.2, 0.25) is 0 Å². The zero-order valence-electron chi connectivity index (χ0n) is 8.82. The summed E-state index contributed by atoms with van der Waals surface area (Å²) in [7, 11) is 0. The number of nitrogens with zero attached hydrogens (tertiary/aromatic N) is 3. The summed E-state index contributed by atoms with van der Waals surface area (Å²) in [4.78, 5) is 11.4. The van der Waals surface area contributed by atoms with Gasteiger partial charge in [-0.25, -0.2) is 0 Å². The lowest BCUT2D eigenvalue weighted by molar-refractivity contribution is -0.122. The monoisotopic (exact) mass is 196 g/mol. The first-order valence-corrected chi connectivity index (χ1v) is 4.91. The average Bonchev–Trinajstić information content (AvgIpc) is 2.69. The minimum atomic E-state index is 0.0773. The summed E-state index contributed by atoms with van der Waals surface area (Å²) in [5.74, 6) is 1.23. The quantitative estimate of drug-likeness (QED) is 0.770. The molecule has 0 saturated heterocycles. The van der Waals surface area contributed by atoms with Crippen LogP contribution in [0.25, 0.3) is 0 Å². The number of ketones is 1. The predicted octanol–water partition coefficient (Wildman–Crippen LogP) is 1.31. The van der Waals surface area contributed by atoms with Gasteiger partial charge < -0.3 is 0 Å². The first-order valence-electron chi connectivity index (χ1n) is 4.91. The molecule has 0 fully saturated rings. The molecule has 1 N–H and O–H groups in total. The molecule has 0 aliphatic carbocycles. The molecule has 0 bridgehead atoms. The summed E-state index contributed by atoms with van der Waals surface area (Å²) >= 11 is 0. The van der Waals surface area contributed by atoms with Crippen molar-refractivity contribution in [3.05, 3.63) is 5.82 Å². The molecule has 0 amide bonds. The third-order valence-corrected chi connectivity index (χ3v) is 2.41. The lowest BCUT2D eigenvalue weighted by Crippen LogP contribution is -2.13. The number of H-pyrrole nitrogens is 1. The van der Waals surface area contributed by atoms with Crippen molar-refractivity contribution < 1.29 is 4.79 Å². The minimum absolute atomic E-state index is 0.0773. The van der Waals surface area contributed by atoms with Gasteiger partial charge in [0.05, 0.1) is 0 Å². The highest BCUT2D eigenvalue weighted by atomic mass is 16.1. The van der Waals surface area contributed by atoms with Gasteiger partial charge in [-0.2, -0.15) is 5.21 Å². The Bertz CT molecular complexity index is 283. The number of tetrazole rings is 1. The van der Waals surface area contributed by atoms with Crippen LogP contribution in [0.15, 0.2) is 0 Å². The van der Waals surface area contributed by atoms with E-state index in [9.17, 15) is 4.79 Å². The standard InChI is InChI=1S/C9H16N4O/c1-4-8(14)6(2)5-7(3)9-10-12-13-11-9/h6-7H,4-5H2,1-3H3,(H,10,11,12,13). The van der Waals surface area contributed by atoms with E-state index in [1.165, 1.54) is 0 Å². The van der Waals surface area contributed by atoms with E-state index >= 15 is 0 Å². The van der Waals surface area contributed by atoms with Crippen LogP contribution in [0.3, 0.4) is 0 Å². The molecular weight excluding hydrogens is 180 g/mol. The van der Waals surface area contributed by atoms with Crippen LogP contribution < -0.4 is 0 Å². The van der Waals surface area contributed by atoms with Crippen molar-refractivity contribution in [2.24, 2.45) is 5.92 Å². The fraction of sp³-hybridized carbons (Fsp3) is 0.778. The van der Waals surface area contributed by atoms with Crippen LogP contribution >= 0.6 is 0 Å². The van der Waals surface area contributed by atoms with E-state index in [0.717, 1.165) is 6.42 Å². The topological polar surface area (TPSA) is 71.5 Å². The fourth-order valence-electron chi connectivity index (χ4n) is 1.49. The number of hydrogen-bond acceptors (Lipinski definition) is 4. The van der Waals surface area contributed by atoms with E-state index in [2.05, 4.69) is 20.6 Å². The molecule has 0 aliphatic rings. The number of rotatable bonds is 5. The Kier molecular flexibility index (Phi) is 3.73. The zero-order valence-corrected chi connectivity index (χ0v) is 8.82. The van der Waals surface area contributed by atoms with E-state index in [1.54, 1.807) is 0 Å². The summed E-state index contributed by atoms with van der Waals surface area (Å²) in [6.45, 7) is 5.84. The molecule has 2 atom stereocenters. The van der Waals surface area contributed by atoms with Gasteiger partial charge in [0.25, 0.3) is 0 Å². The maximum Gasteiger partial charge on any atom is 0.177 e. The van der Waals surface area contributed by atoms with Gasteiger partial charge >= 0.3 is 0 Å². The van der Waals surface area contributed by atoms with Crippen molar-refractivity contribution in [2.75, 3.05) is 0 Å². The normalized spacial score (nSPS) is 15.1. The number of hydrogen-bond donors (Lipinski definition) is 1. The molecule has 14 heavy (non-hydrogen) atoms. The fourth-order valence-corrected chi connectivity index (χ4v) is 1.49. The van der Waals surface area contributed by atoms with E-state index in [-0.39, 0.29) is 11.8 Å². The molecule has 0 spiro atoms. The second kappa shape index (κ2) is 4.83. The van der Waals surface area contributed by atoms with Gasteiger partial charge in [-0.3, -0.25) is 4.79 Å². The van der Waals surface area contributed by atoms with Crippen LogP contribution in [0, 0.1) is 5.92 Å². The SMILES string of the molecule is CCC(=O)C(C)CC(C)c1nn[nH]n1. The van der Waals surface area contributed by atoms with Gasteiger partial charge in [0, 0.05) is 18.3 Å². The lowest BCUT2D eigenvalue weighted by Gasteiger charge is -2.12. The second-order valence-electron chi connectivity index (χ2n) is 3.63. The van der Waals surface area contributed by atoms with Crippen molar-refractivity contribution in [3.63, 3.8) is 0 Å². The molecular formula is C9H16N4O. The molecule has 78 valence electrons. The molecule has 1 heterocycles. The smallest absolute Gasteiger partial charge is 0.177 e. The third-order valence-electron chi connectivity index (χ3n) is 2.41. The van der Waals surface area contributed by atoms with Gasteiger partial charge in [0.15, 0.2) is 5.82 Å². The van der Waals surface area contributed by atoms with Crippen LogP contribution in [0.4, 0.5) is 0 Å². The van der Waals surface area contributed by atoms with Crippen LogP contribution in [0.5, 0.6) is 0 Å². The minimum Gasteiger partial charge on any atom is -0.299 e. The molecule has 2 unspecified atom stereocenters. The number of carbonyl (C=O) groups is 1. The predicted molar refractivity (Wildman–Crippen MR) is 51.7 cm³/mol. The molecule has 0 aromatic carbocycles. The summed E-state index contributed by atoms with van der Waals surface area (Å²) in [5, 5.41) is 13.7. The Morgan fingerprint density at radius 1 is 1.50 bits per heavy atom. The van der Waals surface area contributed by atoms with Crippen LogP contribution in [0.1, 0.15) is 45.4 Å². The molecule has 1 aromatic rings. The van der Waals surface area contributed by atoms with Gasteiger partial charge in [-0.05, 0) is 6.42 Å². The third kappa shape index (κ3) is 2.61. The number of aromatic nitrogens is 4. The first kappa shape index (κ1) is 10.8. The summed E-state index contributed by atoms with van der Waals surface area (Å²) in [6, 6.07) is 0. The van der Waals surface area contributed by atoms with Gasteiger partial charge in [0.1, 0.15) is 5.78 Å². The Balaban J connectivity index is 2.49. The van der Waals surface area contributed by atoms with E-state index in [4.69, 9.17) is 0 Å². The average molecular weight is 196 g/mol. The van der Waals surface area contributed by atoms with Crippen molar-refractivity contribution in [1.82, 2.24) is 20.6 Å². The van der Waals surface area contributed by atoms with Crippen LogP contribution in [-0.4, -0.2) is 26.4 Å². The van der Waals surface area contributed by atoms with Crippen LogP contribution in [-0.2, 0) is 4.79 Å². The number of nitrogens with one attached hydrogen (secondary N) is 1. The number of Topliss-reactive ketones (excluding diaryl/α,β-unsaturated/α-hetero) is 1. The molecule has 0 radical (unpaired) electrons. The Labute approximate surface area is 83.3 Å². The maximum absolute atomic E-state index is 11.4. The largest absolute Gasteiger partial charge is 0.299 e.